The molecule has 27 heavy (non-hydrogen) atoms. The van der Waals surface area contributed by atoms with E-state index in [4.69, 9.17) is 4.74 Å². The van der Waals surface area contributed by atoms with Crippen molar-refractivity contribution in [2.24, 2.45) is 0 Å². The van der Waals surface area contributed by atoms with E-state index in [1.165, 1.54) is 0 Å². The summed E-state index contributed by atoms with van der Waals surface area (Å²) in [7, 11) is 1.65. The number of β-amino-alcohol motifs (C(OH)–C–C–N with tert-alkyl or cyclic N) is 1. The number of carbonyl (C=O) groups excluding carboxylic acids is 1. The van der Waals surface area contributed by atoms with E-state index in [0.717, 1.165) is 44.6 Å². The van der Waals surface area contributed by atoms with Crippen LogP contribution in [0.25, 0.3) is 0 Å². The van der Waals surface area contributed by atoms with Gasteiger partial charge in [-0.25, -0.2) is 0 Å². The maximum absolute atomic E-state index is 13.0. The van der Waals surface area contributed by atoms with Crippen LogP contribution in [-0.4, -0.2) is 79.3 Å². The lowest BCUT2D eigenvalue weighted by atomic mass is 9.90. The maximum Gasteiger partial charge on any atom is 0.254 e. The van der Waals surface area contributed by atoms with Crippen molar-refractivity contribution in [1.82, 2.24) is 15.1 Å². The van der Waals surface area contributed by atoms with Gasteiger partial charge in [-0.3, -0.25) is 9.69 Å². The Morgan fingerprint density at radius 1 is 1.15 bits per heavy atom. The van der Waals surface area contributed by atoms with Crippen LogP contribution in [0.4, 0.5) is 0 Å². The van der Waals surface area contributed by atoms with Gasteiger partial charge in [-0.1, -0.05) is 30.3 Å². The Kier molecular flexibility index (Phi) is 10.0. The smallest absolute Gasteiger partial charge is 0.254 e. The number of amides is 1. The lowest BCUT2D eigenvalue weighted by Crippen LogP contribution is -2.59. The second kappa shape index (κ2) is 11.2. The molecule has 2 aliphatic rings. The highest BCUT2D eigenvalue weighted by atomic mass is 35.5. The molecular formula is C19H31Cl2N3O3. The van der Waals surface area contributed by atoms with Gasteiger partial charge < -0.3 is 20.1 Å². The Morgan fingerprint density at radius 3 is 2.30 bits per heavy atom. The van der Waals surface area contributed by atoms with Gasteiger partial charge in [0.1, 0.15) is 5.60 Å². The van der Waals surface area contributed by atoms with Crippen LogP contribution in [0.15, 0.2) is 30.3 Å². The molecule has 0 aliphatic carbocycles. The molecular weight excluding hydrogens is 389 g/mol. The largest absolute Gasteiger partial charge is 0.387 e. The second-order valence-electron chi connectivity index (χ2n) is 6.97. The minimum absolute atomic E-state index is 0. The van der Waals surface area contributed by atoms with Crippen molar-refractivity contribution in [3.05, 3.63) is 35.9 Å². The van der Waals surface area contributed by atoms with Gasteiger partial charge >= 0.3 is 0 Å². The van der Waals surface area contributed by atoms with E-state index in [1.807, 2.05) is 35.2 Å². The van der Waals surface area contributed by atoms with Gasteiger partial charge in [-0.05, 0) is 31.5 Å². The van der Waals surface area contributed by atoms with Crippen molar-refractivity contribution in [2.75, 3.05) is 52.9 Å². The predicted molar refractivity (Wildman–Crippen MR) is 111 cm³/mol. The molecule has 0 aromatic heterocycles. The molecule has 0 radical (unpaired) electrons. The molecule has 2 N–H and O–H groups in total. The lowest BCUT2D eigenvalue weighted by Gasteiger charge is -2.42. The van der Waals surface area contributed by atoms with Gasteiger partial charge in [-0.2, -0.15) is 0 Å². The molecule has 2 aliphatic heterocycles. The van der Waals surface area contributed by atoms with E-state index in [1.54, 1.807) is 7.11 Å². The van der Waals surface area contributed by atoms with E-state index >= 15 is 0 Å². The predicted octanol–water partition coefficient (Wildman–Crippen LogP) is 1.48. The Morgan fingerprint density at radius 2 is 1.74 bits per heavy atom. The van der Waals surface area contributed by atoms with Crippen molar-refractivity contribution in [2.45, 2.75) is 24.5 Å². The number of benzene rings is 1. The Labute approximate surface area is 174 Å². The summed E-state index contributed by atoms with van der Waals surface area (Å²) in [5.74, 6) is 0.125. The molecule has 2 saturated heterocycles. The SMILES string of the molecule is COC1(C(=O)N2CCN(CC(O)c3ccccc3)CC2)CCNCC1.Cl.Cl. The van der Waals surface area contributed by atoms with Crippen LogP contribution in [0.3, 0.4) is 0 Å². The van der Waals surface area contributed by atoms with Gasteiger partial charge in [0.25, 0.3) is 5.91 Å². The number of ether oxygens (including phenoxy) is 1. The van der Waals surface area contributed by atoms with Gasteiger partial charge in [0.15, 0.2) is 0 Å². The number of hydrogen-bond donors (Lipinski definition) is 2. The normalized spacial score (nSPS) is 20.9. The number of halogens is 2. The summed E-state index contributed by atoms with van der Waals surface area (Å²) in [4.78, 5) is 17.1. The molecule has 154 valence electrons. The highest BCUT2D eigenvalue weighted by Gasteiger charge is 2.43. The molecule has 0 spiro atoms. The van der Waals surface area contributed by atoms with E-state index in [2.05, 4.69) is 10.2 Å². The molecule has 3 rings (SSSR count). The summed E-state index contributed by atoms with van der Waals surface area (Å²) >= 11 is 0. The number of aliphatic hydroxyl groups is 1. The maximum atomic E-state index is 13.0. The van der Waals surface area contributed by atoms with E-state index in [9.17, 15) is 9.90 Å². The summed E-state index contributed by atoms with van der Waals surface area (Å²) in [6.45, 7) is 5.20. The van der Waals surface area contributed by atoms with Gasteiger partial charge in [0.2, 0.25) is 0 Å². The first-order valence-corrected chi connectivity index (χ1v) is 9.15. The zero-order valence-corrected chi connectivity index (χ0v) is 17.4. The summed E-state index contributed by atoms with van der Waals surface area (Å²) in [5.41, 5.74) is 0.283. The Hall–Kier alpha value is -0.890. The summed E-state index contributed by atoms with van der Waals surface area (Å²) in [5, 5.41) is 13.7. The molecule has 1 atom stereocenters. The monoisotopic (exact) mass is 419 g/mol. The molecule has 1 unspecified atom stereocenters. The topological polar surface area (TPSA) is 65.0 Å². The highest BCUT2D eigenvalue weighted by molar-refractivity contribution is 5.86. The first-order valence-electron chi connectivity index (χ1n) is 9.15. The Bertz CT molecular complexity index is 563. The summed E-state index contributed by atoms with van der Waals surface area (Å²) < 4.78 is 5.66. The number of hydrogen-bond acceptors (Lipinski definition) is 5. The van der Waals surface area contributed by atoms with Crippen LogP contribution < -0.4 is 5.32 Å². The third kappa shape index (κ3) is 5.79. The number of piperazine rings is 1. The number of nitrogens with one attached hydrogen (secondary N) is 1. The van der Waals surface area contributed by atoms with Gasteiger partial charge in [0.05, 0.1) is 6.10 Å². The van der Waals surface area contributed by atoms with Crippen molar-refractivity contribution >= 4 is 30.7 Å². The van der Waals surface area contributed by atoms with Gasteiger partial charge in [-0.15, -0.1) is 24.8 Å². The van der Waals surface area contributed by atoms with Crippen molar-refractivity contribution < 1.29 is 14.6 Å². The highest BCUT2D eigenvalue weighted by Crippen LogP contribution is 2.26. The average Bonchev–Trinajstić information content (AvgIpc) is 2.69. The fourth-order valence-electron chi connectivity index (χ4n) is 3.78. The van der Waals surface area contributed by atoms with E-state index < -0.39 is 11.7 Å². The minimum Gasteiger partial charge on any atom is -0.387 e. The molecule has 8 heteroatoms. The zero-order chi connectivity index (χ0) is 17.7. The summed E-state index contributed by atoms with van der Waals surface area (Å²) in [6.07, 6.45) is 0.975. The molecule has 1 aromatic carbocycles. The van der Waals surface area contributed by atoms with Crippen LogP contribution in [0.1, 0.15) is 24.5 Å². The number of carbonyl (C=O) groups is 1. The molecule has 2 fully saturated rings. The molecule has 0 bridgehead atoms. The molecule has 6 nitrogen and oxygen atoms in total. The van der Waals surface area contributed by atoms with Crippen LogP contribution in [0.5, 0.6) is 0 Å². The molecule has 1 amide bonds. The van der Waals surface area contributed by atoms with Gasteiger partial charge in [0, 0.05) is 39.8 Å². The van der Waals surface area contributed by atoms with Crippen LogP contribution in [0, 0.1) is 0 Å². The Balaban J connectivity index is 0.00000182. The van der Waals surface area contributed by atoms with Crippen LogP contribution >= 0.6 is 24.8 Å². The number of rotatable bonds is 5. The van der Waals surface area contributed by atoms with E-state index in [-0.39, 0.29) is 30.7 Å². The lowest BCUT2D eigenvalue weighted by molar-refractivity contribution is -0.160. The van der Waals surface area contributed by atoms with Crippen molar-refractivity contribution in [3.63, 3.8) is 0 Å². The fourth-order valence-corrected chi connectivity index (χ4v) is 3.78. The molecule has 1 aromatic rings. The number of nitrogens with zero attached hydrogens (tertiary/aromatic N) is 2. The molecule has 0 saturated carbocycles. The standard InChI is InChI=1S/C19H29N3O3.2ClH/c1-25-19(7-9-20-10-8-19)18(24)22-13-11-21(12-14-22)15-17(23)16-5-3-2-4-6-16;;/h2-6,17,20,23H,7-15H2,1H3;2*1H. The number of aliphatic hydroxyl groups excluding tert-OH is 1. The van der Waals surface area contributed by atoms with Crippen molar-refractivity contribution in [3.8, 4) is 0 Å². The zero-order valence-electron chi connectivity index (χ0n) is 15.8. The molecule has 2 heterocycles. The van der Waals surface area contributed by atoms with E-state index in [0.29, 0.717) is 19.6 Å². The third-order valence-corrected chi connectivity index (χ3v) is 5.47. The van der Waals surface area contributed by atoms with Crippen LogP contribution in [0.2, 0.25) is 0 Å². The fraction of sp³-hybridized carbons (Fsp3) is 0.632. The first-order chi connectivity index (χ1) is 12.1. The van der Waals surface area contributed by atoms with Crippen molar-refractivity contribution in [1.29, 1.82) is 0 Å². The number of piperidine rings is 1. The summed E-state index contributed by atoms with van der Waals surface area (Å²) in [6, 6.07) is 9.73. The number of methoxy groups -OCH3 is 1. The third-order valence-electron chi connectivity index (χ3n) is 5.47. The first kappa shape index (κ1) is 24.1. The van der Waals surface area contributed by atoms with Crippen LogP contribution in [-0.2, 0) is 9.53 Å². The quantitative estimate of drug-likeness (QED) is 0.756. The average molecular weight is 420 g/mol. The second-order valence-corrected chi connectivity index (χ2v) is 6.97. The minimum atomic E-state index is -0.656.